The SMILES string of the molecule is CC1(C)C(Br)CC1Oc1ccc(Cl)c(F)c1. The number of hydrogen-bond donors (Lipinski definition) is 0. The molecule has 0 bridgehead atoms. The fraction of sp³-hybridized carbons (Fsp3) is 0.500. The maximum atomic E-state index is 13.2. The van der Waals surface area contributed by atoms with Crippen molar-refractivity contribution in [1.82, 2.24) is 0 Å². The van der Waals surface area contributed by atoms with Gasteiger partial charge >= 0.3 is 0 Å². The van der Waals surface area contributed by atoms with Gasteiger partial charge in [-0.05, 0) is 18.6 Å². The summed E-state index contributed by atoms with van der Waals surface area (Å²) in [5.41, 5.74) is 0.0795. The number of halogens is 3. The number of rotatable bonds is 2. The van der Waals surface area contributed by atoms with E-state index in [4.69, 9.17) is 16.3 Å². The van der Waals surface area contributed by atoms with E-state index in [0.29, 0.717) is 10.6 Å². The molecule has 4 heteroatoms. The molecule has 1 nitrogen and oxygen atoms in total. The molecule has 0 heterocycles. The summed E-state index contributed by atoms with van der Waals surface area (Å²) in [5, 5.41) is 0.124. The molecule has 0 amide bonds. The van der Waals surface area contributed by atoms with Crippen molar-refractivity contribution in [2.24, 2.45) is 5.41 Å². The maximum Gasteiger partial charge on any atom is 0.145 e. The van der Waals surface area contributed by atoms with Crippen molar-refractivity contribution in [3.63, 3.8) is 0 Å². The fourth-order valence-electron chi connectivity index (χ4n) is 1.75. The fourth-order valence-corrected chi connectivity index (χ4v) is 2.50. The highest BCUT2D eigenvalue weighted by Crippen LogP contribution is 2.47. The van der Waals surface area contributed by atoms with E-state index in [1.54, 1.807) is 6.07 Å². The maximum absolute atomic E-state index is 13.2. The van der Waals surface area contributed by atoms with Crippen LogP contribution in [0.3, 0.4) is 0 Å². The van der Waals surface area contributed by atoms with E-state index in [-0.39, 0.29) is 16.5 Å². The van der Waals surface area contributed by atoms with Gasteiger partial charge in [-0.1, -0.05) is 41.4 Å². The zero-order chi connectivity index (χ0) is 11.9. The van der Waals surface area contributed by atoms with Crippen LogP contribution in [0.1, 0.15) is 20.3 Å². The first-order chi connectivity index (χ1) is 7.41. The molecule has 1 aromatic carbocycles. The van der Waals surface area contributed by atoms with Crippen LogP contribution in [0.5, 0.6) is 5.75 Å². The van der Waals surface area contributed by atoms with Gasteiger partial charge in [-0.2, -0.15) is 0 Å². The molecular formula is C12H13BrClFO. The monoisotopic (exact) mass is 306 g/mol. The third-order valence-corrected chi connectivity index (χ3v) is 5.09. The summed E-state index contributed by atoms with van der Waals surface area (Å²) in [6.07, 6.45) is 1.06. The van der Waals surface area contributed by atoms with Crippen molar-refractivity contribution < 1.29 is 9.13 Å². The van der Waals surface area contributed by atoms with Crippen molar-refractivity contribution in [2.45, 2.75) is 31.2 Å². The smallest absolute Gasteiger partial charge is 0.145 e. The number of ether oxygens (including phenoxy) is 1. The predicted octanol–water partition coefficient (Wildman–Crippen LogP) is 4.42. The average Bonchev–Trinajstić information content (AvgIpc) is 2.23. The lowest BCUT2D eigenvalue weighted by atomic mass is 9.69. The minimum Gasteiger partial charge on any atom is -0.490 e. The van der Waals surface area contributed by atoms with Gasteiger partial charge in [0.1, 0.15) is 17.7 Å². The highest BCUT2D eigenvalue weighted by molar-refractivity contribution is 9.09. The minimum atomic E-state index is -0.438. The Hall–Kier alpha value is -0.280. The molecule has 0 spiro atoms. The van der Waals surface area contributed by atoms with E-state index in [9.17, 15) is 4.39 Å². The first kappa shape index (κ1) is 12.2. The van der Waals surface area contributed by atoms with Crippen LogP contribution in [0.4, 0.5) is 4.39 Å². The van der Waals surface area contributed by atoms with E-state index in [2.05, 4.69) is 29.8 Å². The highest BCUT2D eigenvalue weighted by Gasteiger charge is 2.48. The number of benzene rings is 1. The second-order valence-corrected chi connectivity index (χ2v) is 6.22. The Kier molecular flexibility index (Phi) is 3.19. The van der Waals surface area contributed by atoms with Crippen molar-refractivity contribution >= 4 is 27.5 Å². The molecule has 1 aliphatic carbocycles. The molecule has 1 saturated carbocycles. The van der Waals surface area contributed by atoms with E-state index in [1.165, 1.54) is 12.1 Å². The zero-order valence-electron chi connectivity index (χ0n) is 9.14. The van der Waals surface area contributed by atoms with E-state index in [1.807, 2.05) is 0 Å². The van der Waals surface area contributed by atoms with Gasteiger partial charge in [0.15, 0.2) is 0 Å². The van der Waals surface area contributed by atoms with Gasteiger partial charge < -0.3 is 4.74 Å². The molecule has 88 valence electrons. The van der Waals surface area contributed by atoms with Gasteiger partial charge in [0.05, 0.1) is 5.02 Å². The van der Waals surface area contributed by atoms with Crippen molar-refractivity contribution in [2.75, 3.05) is 0 Å². The van der Waals surface area contributed by atoms with Crippen LogP contribution in [0.25, 0.3) is 0 Å². The largest absolute Gasteiger partial charge is 0.490 e. The Morgan fingerprint density at radius 2 is 2.19 bits per heavy atom. The Bertz CT molecular complexity index is 408. The quantitative estimate of drug-likeness (QED) is 0.735. The lowest BCUT2D eigenvalue weighted by molar-refractivity contribution is -0.00796. The first-order valence-electron chi connectivity index (χ1n) is 5.17. The summed E-state index contributed by atoms with van der Waals surface area (Å²) < 4.78 is 18.9. The molecular weight excluding hydrogens is 294 g/mol. The molecule has 1 aliphatic rings. The summed E-state index contributed by atoms with van der Waals surface area (Å²) >= 11 is 9.19. The van der Waals surface area contributed by atoms with Gasteiger partial charge in [0.25, 0.3) is 0 Å². The zero-order valence-corrected chi connectivity index (χ0v) is 11.5. The predicted molar refractivity (Wildman–Crippen MR) is 66.9 cm³/mol. The summed E-state index contributed by atoms with van der Waals surface area (Å²) in [5.74, 6) is 0.103. The molecule has 2 unspecified atom stereocenters. The summed E-state index contributed by atoms with van der Waals surface area (Å²) in [4.78, 5) is 0.460. The molecule has 0 saturated heterocycles. The standard InChI is InChI=1S/C12H13BrClFO/c1-12(2)10(13)6-11(12)16-7-3-4-8(14)9(15)5-7/h3-5,10-11H,6H2,1-2H3. The van der Waals surface area contributed by atoms with Gasteiger partial charge in [0.2, 0.25) is 0 Å². The third kappa shape index (κ3) is 2.07. The lowest BCUT2D eigenvalue weighted by Gasteiger charge is -2.48. The first-order valence-corrected chi connectivity index (χ1v) is 6.46. The molecule has 1 fully saturated rings. The molecule has 0 N–H and O–H groups in total. The Morgan fingerprint density at radius 3 is 2.69 bits per heavy atom. The summed E-state index contributed by atoms with van der Waals surface area (Å²) in [6, 6.07) is 4.55. The molecule has 2 rings (SSSR count). The van der Waals surface area contributed by atoms with Gasteiger partial charge in [-0.3, -0.25) is 0 Å². The third-order valence-electron chi connectivity index (χ3n) is 3.23. The van der Waals surface area contributed by atoms with Crippen LogP contribution < -0.4 is 4.74 Å². The second-order valence-electron chi connectivity index (χ2n) is 4.71. The van der Waals surface area contributed by atoms with Crippen molar-refractivity contribution in [3.8, 4) is 5.75 Å². The van der Waals surface area contributed by atoms with Gasteiger partial charge in [-0.15, -0.1) is 0 Å². The Morgan fingerprint density at radius 1 is 1.50 bits per heavy atom. The van der Waals surface area contributed by atoms with Crippen LogP contribution in [0, 0.1) is 11.2 Å². The molecule has 2 atom stereocenters. The summed E-state index contributed by atoms with van der Waals surface area (Å²) in [6.45, 7) is 4.26. The Balaban J connectivity index is 2.08. The molecule has 0 aromatic heterocycles. The summed E-state index contributed by atoms with van der Waals surface area (Å²) in [7, 11) is 0. The van der Waals surface area contributed by atoms with Crippen LogP contribution >= 0.6 is 27.5 Å². The van der Waals surface area contributed by atoms with Crippen molar-refractivity contribution in [3.05, 3.63) is 29.0 Å². The second kappa shape index (κ2) is 4.19. The molecule has 16 heavy (non-hydrogen) atoms. The van der Waals surface area contributed by atoms with Crippen LogP contribution in [-0.4, -0.2) is 10.9 Å². The molecule has 1 aromatic rings. The average molecular weight is 308 g/mol. The normalized spacial score (nSPS) is 27.3. The lowest BCUT2D eigenvalue weighted by Crippen LogP contribution is -2.53. The van der Waals surface area contributed by atoms with Crippen molar-refractivity contribution in [1.29, 1.82) is 0 Å². The van der Waals surface area contributed by atoms with Gasteiger partial charge in [0, 0.05) is 16.3 Å². The van der Waals surface area contributed by atoms with E-state index in [0.717, 1.165) is 6.42 Å². The van der Waals surface area contributed by atoms with Crippen LogP contribution in [0.15, 0.2) is 18.2 Å². The molecule has 0 radical (unpaired) electrons. The molecule has 0 aliphatic heterocycles. The topological polar surface area (TPSA) is 9.23 Å². The minimum absolute atomic E-state index is 0.0795. The number of hydrogen-bond acceptors (Lipinski definition) is 1. The van der Waals surface area contributed by atoms with Crippen LogP contribution in [0.2, 0.25) is 5.02 Å². The van der Waals surface area contributed by atoms with E-state index < -0.39 is 5.82 Å². The van der Waals surface area contributed by atoms with Gasteiger partial charge in [-0.25, -0.2) is 4.39 Å². The van der Waals surface area contributed by atoms with Crippen LogP contribution in [-0.2, 0) is 0 Å². The Labute approximate surface area is 108 Å². The number of alkyl halides is 1. The van der Waals surface area contributed by atoms with E-state index >= 15 is 0 Å². The highest BCUT2D eigenvalue weighted by atomic mass is 79.9.